The van der Waals surface area contributed by atoms with Gasteiger partial charge in [-0.2, -0.15) is 11.8 Å². The van der Waals surface area contributed by atoms with Gasteiger partial charge < -0.3 is 10.0 Å². The molecule has 4 nitrogen and oxygen atoms in total. The number of hydrogen-bond donors (Lipinski definition) is 1. The minimum absolute atomic E-state index is 0.150. The third-order valence-electron chi connectivity index (χ3n) is 4.56. The van der Waals surface area contributed by atoms with Crippen LogP contribution >= 0.6 is 11.8 Å². The molecule has 0 aromatic heterocycles. The standard InChI is InChI=1S/C15H25NO3S/c1-12-11-16(7-8-20-12)13(17)9-15(10-14(18)19)5-3-2-4-6-15/h12H,2-11H2,1H3,(H,18,19). The first-order valence-electron chi connectivity index (χ1n) is 7.62. The zero-order valence-corrected chi connectivity index (χ0v) is 13.1. The van der Waals surface area contributed by atoms with Crippen LogP contribution in [0.1, 0.15) is 51.9 Å². The minimum Gasteiger partial charge on any atom is -0.481 e. The van der Waals surface area contributed by atoms with Gasteiger partial charge in [0.25, 0.3) is 0 Å². The molecule has 2 aliphatic rings. The smallest absolute Gasteiger partial charge is 0.303 e. The normalized spacial score (nSPS) is 26.2. The molecule has 1 unspecified atom stereocenters. The molecule has 1 amide bonds. The van der Waals surface area contributed by atoms with Crippen LogP contribution < -0.4 is 0 Å². The van der Waals surface area contributed by atoms with E-state index in [0.717, 1.165) is 44.5 Å². The lowest BCUT2D eigenvalue weighted by Gasteiger charge is -2.38. The van der Waals surface area contributed by atoms with E-state index < -0.39 is 5.97 Å². The summed E-state index contributed by atoms with van der Waals surface area (Å²) in [5.41, 5.74) is -0.283. The fourth-order valence-electron chi connectivity index (χ4n) is 3.52. The summed E-state index contributed by atoms with van der Waals surface area (Å²) < 4.78 is 0. The molecule has 2 fully saturated rings. The largest absolute Gasteiger partial charge is 0.481 e. The Hall–Kier alpha value is -0.710. The Morgan fingerprint density at radius 2 is 1.95 bits per heavy atom. The zero-order chi connectivity index (χ0) is 14.6. The van der Waals surface area contributed by atoms with Gasteiger partial charge in [-0.15, -0.1) is 0 Å². The van der Waals surface area contributed by atoms with Crippen LogP contribution in [0.15, 0.2) is 0 Å². The van der Waals surface area contributed by atoms with Gasteiger partial charge in [0.1, 0.15) is 0 Å². The van der Waals surface area contributed by atoms with E-state index in [1.54, 1.807) is 0 Å². The highest BCUT2D eigenvalue weighted by Crippen LogP contribution is 2.42. The van der Waals surface area contributed by atoms with Gasteiger partial charge in [-0.1, -0.05) is 26.2 Å². The summed E-state index contributed by atoms with van der Waals surface area (Å²) in [6.07, 6.45) is 5.66. The van der Waals surface area contributed by atoms with Gasteiger partial charge in [-0.3, -0.25) is 9.59 Å². The number of carbonyl (C=O) groups excluding carboxylic acids is 1. The highest BCUT2D eigenvalue weighted by Gasteiger charge is 2.38. The van der Waals surface area contributed by atoms with Crippen molar-refractivity contribution < 1.29 is 14.7 Å². The molecule has 0 bridgehead atoms. The lowest BCUT2D eigenvalue weighted by atomic mass is 9.69. The predicted octanol–water partition coefficient (Wildman–Crippen LogP) is 2.77. The lowest BCUT2D eigenvalue weighted by Crippen LogP contribution is -2.44. The third kappa shape index (κ3) is 4.14. The van der Waals surface area contributed by atoms with Crippen molar-refractivity contribution in [3.05, 3.63) is 0 Å². The van der Waals surface area contributed by atoms with Gasteiger partial charge >= 0.3 is 5.97 Å². The second kappa shape index (κ2) is 6.83. The van der Waals surface area contributed by atoms with Crippen molar-refractivity contribution in [1.29, 1.82) is 0 Å². The van der Waals surface area contributed by atoms with Crippen molar-refractivity contribution in [3.8, 4) is 0 Å². The quantitative estimate of drug-likeness (QED) is 0.867. The monoisotopic (exact) mass is 299 g/mol. The van der Waals surface area contributed by atoms with Crippen LogP contribution in [0.3, 0.4) is 0 Å². The molecule has 0 aromatic carbocycles. The van der Waals surface area contributed by atoms with Crippen molar-refractivity contribution in [1.82, 2.24) is 4.90 Å². The first-order chi connectivity index (χ1) is 9.51. The maximum Gasteiger partial charge on any atom is 0.303 e. The molecule has 2 rings (SSSR count). The summed E-state index contributed by atoms with van der Waals surface area (Å²) in [6, 6.07) is 0. The summed E-state index contributed by atoms with van der Waals surface area (Å²) >= 11 is 1.91. The maximum absolute atomic E-state index is 12.5. The molecule has 0 aromatic rings. The number of nitrogens with zero attached hydrogens (tertiary/aromatic N) is 1. The summed E-state index contributed by atoms with van der Waals surface area (Å²) in [5.74, 6) is 0.404. The molecule has 20 heavy (non-hydrogen) atoms. The van der Waals surface area contributed by atoms with Crippen LogP contribution in [-0.4, -0.2) is 46.0 Å². The van der Waals surface area contributed by atoms with Crippen molar-refractivity contribution in [3.63, 3.8) is 0 Å². The van der Waals surface area contributed by atoms with Crippen LogP contribution in [0, 0.1) is 5.41 Å². The molecular weight excluding hydrogens is 274 g/mol. The molecule has 1 aliphatic carbocycles. The Labute approximate surface area is 125 Å². The van der Waals surface area contributed by atoms with Crippen LogP contribution in [0.2, 0.25) is 0 Å². The highest BCUT2D eigenvalue weighted by molar-refractivity contribution is 7.99. The Balaban J connectivity index is 1.99. The number of thioether (sulfide) groups is 1. The van der Waals surface area contributed by atoms with Crippen molar-refractivity contribution in [2.75, 3.05) is 18.8 Å². The minimum atomic E-state index is -0.762. The maximum atomic E-state index is 12.5. The molecule has 1 saturated carbocycles. The molecule has 1 N–H and O–H groups in total. The van der Waals surface area contributed by atoms with E-state index in [2.05, 4.69) is 6.92 Å². The van der Waals surface area contributed by atoms with Gasteiger partial charge in [0.05, 0.1) is 6.42 Å². The molecule has 1 heterocycles. The van der Waals surface area contributed by atoms with Crippen LogP contribution in [0.5, 0.6) is 0 Å². The molecule has 1 aliphatic heterocycles. The van der Waals surface area contributed by atoms with E-state index in [9.17, 15) is 9.59 Å². The van der Waals surface area contributed by atoms with E-state index in [4.69, 9.17) is 5.11 Å². The van der Waals surface area contributed by atoms with Crippen LogP contribution in [-0.2, 0) is 9.59 Å². The van der Waals surface area contributed by atoms with Gasteiger partial charge in [0, 0.05) is 30.5 Å². The van der Waals surface area contributed by atoms with Crippen molar-refractivity contribution in [2.45, 2.75) is 57.1 Å². The third-order valence-corrected chi connectivity index (χ3v) is 5.70. The van der Waals surface area contributed by atoms with Crippen molar-refractivity contribution >= 4 is 23.6 Å². The topological polar surface area (TPSA) is 57.6 Å². The zero-order valence-electron chi connectivity index (χ0n) is 12.3. The molecule has 1 atom stereocenters. The molecule has 1 saturated heterocycles. The number of carboxylic acid groups (broad SMARTS) is 1. The highest BCUT2D eigenvalue weighted by atomic mass is 32.2. The number of carbonyl (C=O) groups is 2. The summed E-state index contributed by atoms with van der Waals surface area (Å²) in [5, 5.41) is 9.66. The second-order valence-electron chi connectivity index (χ2n) is 6.33. The van der Waals surface area contributed by atoms with E-state index in [1.807, 2.05) is 16.7 Å². The Morgan fingerprint density at radius 1 is 1.25 bits per heavy atom. The average molecular weight is 299 g/mol. The SMILES string of the molecule is CC1CN(C(=O)CC2(CC(=O)O)CCCCC2)CCS1. The summed E-state index contributed by atoms with van der Waals surface area (Å²) in [4.78, 5) is 25.6. The van der Waals surface area contributed by atoms with E-state index in [-0.39, 0.29) is 17.7 Å². The Morgan fingerprint density at radius 3 is 2.55 bits per heavy atom. The number of rotatable bonds is 4. The molecule has 5 heteroatoms. The van der Waals surface area contributed by atoms with E-state index in [0.29, 0.717) is 11.7 Å². The van der Waals surface area contributed by atoms with E-state index >= 15 is 0 Å². The van der Waals surface area contributed by atoms with Crippen molar-refractivity contribution in [2.24, 2.45) is 5.41 Å². The number of aliphatic carboxylic acids is 1. The fraction of sp³-hybridized carbons (Fsp3) is 0.867. The number of hydrogen-bond acceptors (Lipinski definition) is 3. The van der Waals surface area contributed by atoms with Gasteiger partial charge in [0.15, 0.2) is 0 Å². The number of amides is 1. The first kappa shape index (κ1) is 15.7. The van der Waals surface area contributed by atoms with Crippen LogP contribution in [0.4, 0.5) is 0 Å². The predicted molar refractivity (Wildman–Crippen MR) is 80.9 cm³/mol. The fourth-order valence-corrected chi connectivity index (χ4v) is 4.53. The van der Waals surface area contributed by atoms with Gasteiger partial charge in [-0.05, 0) is 18.3 Å². The molecule has 0 radical (unpaired) electrons. The molecule has 114 valence electrons. The second-order valence-corrected chi connectivity index (χ2v) is 7.88. The molecule has 0 spiro atoms. The lowest BCUT2D eigenvalue weighted by molar-refractivity contribution is -0.142. The van der Waals surface area contributed by atoms with E-state index in [1.165, 1.54) is 6.42 Å². The average Bonchev–Trinajstić information content (AvgIpc) is 2.38. The summed E-state index contributed by atoms with van der Waals surface area (Å²) in [6.45, 7) is 3.78. The first-order valence-corrected chi connectivity index (χ1v) is 8.67. The van der Waals surface area contributed by atoms with Gasteiger partial charge in [0.2, 0.25) is 5.91 Å². The number of carboxylic acids is 1. The van der Waals surface area contributed by atoms with Gasteiger partial charge in [-0.25, -0.2) is 0 Å². The van der Waals surface area contributed by atoms with Crippen LogP contribution in [0.25, 0.3) is 0 Å². The summed E-state index contributed by atoms with van der Waals surface area (Å²) in [7, 11) is 0. The Bertz CT molecular complexity index is 366. The molecular formula is C15H25NO3S. The Kier molecular flexibility index (Phi) is 5.35.